The molecule has 0 aliphatic rings. The summed E-state index contributed by atoms with van der Waals surface area (Å²) in [6.45, 7) is 12.5. The molecule has 0 aliphatic carbocycles. The van der Waals surface area contributed by atoms with Gasteiger partial charge in [0.1, 0.15) is 23.1 Å². The molecule has 2 amide bonds. The molecule has 0 aromatic carbocycles. The van der Waals surface area contributed by atoms with Gasteiger partial charge in [-0.3, -0.25) is 10.3 Å². The normalized spacial score (nSPS) is 13.5. The molecule has 0 aliphatic heterocycles. The Bertz CT molecular complexity index is 546. The zero-order valence-electron chi connectivity index (χ0n) is 17.3. The maximum absolute atomic E-state index is 11.7. The van der Waals surface area contributed by atoms with Crippen LogP contribution in [0.25, 0.3) is 0 Å². The zero-order valence-corrected chi connectivity index (χ0v) is 17.3. The van der Waals surface area contributed by atoms with Gasteiger partial charge in [0, 0.05) is 6.54 Å². The Kier molecular flexibility index (Phi) is 9.82. The third-order valence-corrected chi connectivity index (χ3v) is 2.92. The Morgan fingerprint density at radius 2 is 1.48 bits per heavy atom. The molecule has 0 radical (unpaired) electrons. The molecule has 0 bridgehead atoms. The summed E-state index contributed by atoms with van der Waals surface area (Å²) in [5.74, 6) is -0.696. The van der Waals surface area contributed by atoms with Crippen LogP contribution in [-0.2, 0) is 14.3 Å². The molecule has 9 nitrogen and oxygen atoms in total. The third-order valence-electron chi connectivity index (χ3n) is 2.92. The summed E-state index contributed by atoms with van der Waals surface area (Å²) in [5.41, 5.74) is -1.28. The molecule has 0 saturated heterocycles. The van der Waals surface area contributed by atoms with Crippen molar-refractivity contribution in [3.8, 4) is 0 Å². The number of alkyl carbamates (subject to hydrolysis) is 2. The van der Waals surface area contributed by atoms with Crippen LogP contribution in [0.3, 0.4) is 0 Å². The van der Waals surface area contributed by atoms with E-state index in [4.69, 9.17) is 9.47 Å². The van der Waals surface area contributed by atoms with Gasteiger partial charge in [0.25, 0.3) is 0 Å². The highest BCUT2D eigenvalue weighted by Crippen LogP contribution is 2.09. The predicted molar refractivity (Wildman–Crippen MR) is 102 cm³/mol. The van der Waals surface area contributed by atoms with Gasteiger partial charge in [0.15, 0.2) is 0 Å². The Morgan fingerprint density at radius 3 is 1.96 bits per heavy atom. The molecular formula is C18H33N3O6. The zero-order chi connectivity index (χ0) is 21.3. The van der Waals surface area contributed by atoms with E-state index in [0.29, 0.717) is 25.2 Å². The largest absolute Gasteiger partial charge is 0.480 e. The first-order valence-electron chi connectivity index (χ1n) is 8.93. The number of carbonyl (C=O) groups is 3. The second-order valence-corrected chi connectivity index (χ2v) is 8.13. The van der Waals surface area contributed by atoms with Crippen molar-refractivity contribution in [2.75, 3.05) is 6.54 Å². The minimum atomic E-state index is -1.12. The summed E-state index contributed by atoms with van der Waals surface area (Å²) >= 11 is 0. The molecule has 9 heteroatoms. The van der Waals surface area contributed by atoms with Crippen molar-refractivity contribution in [1.82, 2.24) is 10.6 Å². The van der Waals surface area contributed by atoms with E-state index in [9.17, 15) is 19.5 Å². The molecule has 0 rings (SSSR count). The number of hydrogen-bond donors (Lipinski definition) is 3. The van der Waals surface area contributed by atoms with Crippen molar-refractivity contribution in [3.63, 3.8) is 0 Å². The first-order valence-corrected chi connectivity index (χ1v) is 8.93. The van der Waals surface area contributed by atoms with Crippen molar-refractivity contribution in [2.24, 2.45) is 4.99 Å². The maximum atomic E-state index is 11.7. The van der Waals surface area contributed by atoms with E-state index in [2.05, 4.69) is 15.6 Å². The number of carbonyl (C=O) groups excluding carboxylic acids is 2. The number of unbranched alkanes of at least 4 members (excludes halogenated alkanes) is 1. The number of hydrogen-bond acceptors (Lipinski definition) is 6. The lowest BCUT2D eigenvalue weighted by Gasteiger charge is -2.22. The summed E-state index contributed by atoms with van der Waals surface area (Å²) in [6.07, 6.45) is 0.0627. The number of amides is 2. The van der Waals surface area contributed by atoms with Crippen molar-refractivity contribution < 1.29 is 29.0 Å². The molecule has 0 aromatic rings. The molecule has 0 saturated carbocycles. The molecule has 0 aromatic heterocycles. The second-order valence-electron chi connectivity index (χ2n) is 8.13. The summed E-state index contributed by atoms with van der Waals surface area (Å²) < 4.78 is 10.2. The highest BCUT2D eigenvalue weighted by Gasteiger charge is 2.23. The van der Waals surface area contributed by atoms with Crippen LogP contribution in [-0.4, -0.2) is 52.9 Å². The van der Waals surface area contributed by atoms with Gasteiger partial charge in [-0.15, -0.1) is 0 Å². The summed E-state index contributed by atoms with van der Waals surface area (Å²) in [5, 5.41) is 14.1. The van der Waals surface area contributed by atoms with E-state index in [1.54, 1.807) is 48.5 Å². The SMILES string of the molecule is CC(=NCCCCC(NC(=O)OC(C)(C)C)C(=O)O)NC(=O)OC(C)(C)C. The number of nitrogens with one attached hydrogen (secondary N) is 2. The average Bonchev–Trinajstić information content (AvgIpc) is 2.40. The standard InChI is InChI=1S/C18H33N3O6/c1-12(20-15(24)26-17(2,3)4)19-11-9-8-10-13(14(22)23)21-16(25)27-18(5,6)7/h13H,8-11H2,1-7H3,(H,21,25)(H,22,23)(H,19,20,24). The van der Waals surface area contributed by atoms with Crippen molar-refractivity contribution in [1.29, 1.82) is 0 Å². The van der Waals surface area contributed by atoms with Gasteiger partial charge in [-0.2, -0.15) is 0 Å². The van der Waals surface area contributed by atoms with E-state index >= 15 is 0 Å². The number of aliphatic imine (C=N–C) groups is 1. The smallest absolute Gasteiger partial charge is 0.413 e. The van der Waals surface area contributed by atoms with Crippen molar-refractivity contribution in [3.05, 3.63) is 0 Å². The Hall–Kier alpha value is -2.32. The minimum Gasteiger partial charge on any atom is -0.480 e. The highest BCUT2D eigenvalue weighted by molar-refractivity contribution is 5.93. The van der Waals surface area contributed by atoms with Crippen molar-refractivity contribution in [2.45, 2.75) is 85.0 Å². The summed E-state index contributed by atoms with van der Waals surface area (Å²) in [6, 6.07) is -1.02. The second kappa shape index (κ2) is 10.7. The lowest BCUT2D eigenvalue weighted by molar-refractivity contribution is -0.139. The molecule has 0 spiro atoms. The number of nitrogens with zero attached hydrogens (tertiary/aromatic N) is 1. The number of carboxylic acids is 1. The number of carboxylic acid groups (broad SMARTS) is 1. The molecule has 0 fully saturated rings. The number of rotatable bonds is 7. The number of amidine groups is 1. The quantitative estimate of drug-likeness (QED) is 0.350. The predicted octanol–water partition coefficient (Wildman–Crippen LogP) is 3.08. The van der Waals surface area contributed by atoms with Crippen molar-refractivity contribution >= 4 is 24.0 Å². The third kappa shape index (κ3) is 14.5. The van der Waals surface area contributed by atoms with Crippen LogP contribution in [0.2, 0.25) is 0 Å². The maximum Gasteiger partial charge on any atom is 0.413 e. The lowest BCUT2D eigenvalue weighted by atomic mass is 10.1. The molecule has 156 valence electrons. The fraction of sp³-hybridized carbons (Fsp3) is 0.778. The minimum absolute atomic E-state index is 0.253. The Morgan fingerprint density at radius 1 is 0.963 bits per heavy atom. The molecular weight excluding hydrogens is 354 g/mol. The Balaban J connectivity index is 4.25. The topological polar surface area (TPSA) is 126 Å². The fourth-order valence-electron chi connectivity index (χ4n) is 1.91. The lowest BCUT2D eigenvalue weighted by Crippen LogP contribution is -2.43. The van der Waals surface area contributed by atoms with E-state index < -0.39 is 35.4 Å². The van der Waals surface area contributed by atoms with Crippen LogP contribution in [0, 0.1) is 0 Å². The summed E-state index contributed by atoms with van der Waals surface area (Å²) in [4.78, 5) is 38.7. The van der Waals surface area contributed by atoms with E-state index in [1.165, 1.54) is 0 Å². The fourth-order valence-corrected chi connectivity index (χ4v) is 1.91. The average molecular weight is 387 g/mol. The van der Waals surface area contributed by atoms with Gasteiger partial charge in [-0.05, 0) is 67.7 Å². The van der Waals surface area contributed by atoms with Crippen LogP contribution in [0.4, 0.5) is 9.59 Å². The van der Waals surface area contributed by atoms with Gasteiger partial charge >= 0.3 is 18.2 Å². The van der Waals surface area contributed by atoms with Crippen LogP contribution >= 0.6 is 0 Å². The van der Waals surface area contributed by atoms with Gasteiger partial charge in [0.2, 0.25) is 0 Å². The van der Waals surface area contributed by atoms with Crippen LogP contribution in [0.1, 0.15) is 67.7 Å². The van der Waals surface area contributed by atoms with E-state index in [0.717, 1.165) is 0 Å². The molecule has 3 N–H and O–H groups in total. The van der Waals surface area contributed by atoms with Gasteiger partial charge in [-0.25, -0.2) is 14.4 Å². The van der Waals surface area contributed by atoms with Crippen LogP contribution < -0.4 is 10.6 Å². The van der Waals surface area contributed by atoms with Gasteiger partial charge in [0.05, 0.1) is 0 Å². The van der Waals surface area contributed by atoms with Crippen LogP contribution in [0.5, 0.6) is 0 Å². The van der Waals surface area contributed by atoms with E-state index in [-0.39, 0.29) is 6.42 Å². The first-order chi connectivity index (χ1) is 12.2. The van der Waals surface area contributed by atoms with Gasteiger partial charge < -0.3 is 19.9 Å². The molecule has 1 unspecified atom stereocenters. The monoisotopic (exact) mass is 387 g/mol. The first kappa shape index (κ1) is 24.7. The molecule has 1 atom stereocenters. The molecule has 0 heterocycles. The summed E-state index contributed by atoms with van der Waals surface area (Å²) in [7, 11) is 0. The van der Waals surface area contributed by atoms with Gasteiger partial charge in [-0.1, -0.05) is 0 Å². The number of aliphatic carboxylic acids is 1. The number of ether oxygens (including phenoxy) is 2. The molecule has 27 heavy (non-hydrogen) atoms. The highest BCUT2D eigenvalue weighted by atomic mass is 16.6. The Labute approximate surface area is 160 Å². The van der Waals surface area contributed by atoms with E-state index in [1.807, 2.05) is 0 Å². The van der Waals surface area contributed by atoms with Crippen LogP contribution in [0.15, 0.2) is 4.99 Å².